The maximum Gasteiger partial charge on any atom is 0.231 e. The van der Waals surface area contributed by atoms with Gasteiger partial charge in [0, 0.05) is 6.42 Å². The topological polar surface area (TPSA) is 57.1 Å². The summed E-state index contributed by atoms with van der Waals surface area (Å²) in [6, 6.07) is 0. The van der Waals surface area contributed by atoms with Crippen LogP contribution in [0.3, 0.4) is 0 Å². The Morgan fingerprint density at radius 2 is 1.29 bits per heavy atom. The van der Waals surface area contributed by atoms with Gasteiger partial charge in [-0.15, -0.1) is 0 Å². The van der Waals surface area contributed by atoms with Crippen LogP contribution in [0.5, 0.6) is 0 Å². The molecular weight excluding hydrogens is 286 g/mol. The van der Waals surface area contributed by atoms with Gasteiger partial charge in [0.25, 0.3) is 0 Å². The van der Waals surface area contributed by atoms with Crippen molar-refractivity contribution in [2.24, 2.45) is 0 Å². The molecular formula is C17H38ClNO2. The van der Waals surface area contributed by atoms with Gasteiger partial charge in [-0.25, -0.2) is 0 Å². The number of halogens is 1. The summed E-state index contributed by atoms with van der Waals surface area (Å²) in [4.78, 5) is 0. The second kappa shape index (κ2) is 15.1. The highest BCUT2D eigenvalue weighted by Gasteiger charge is 2.33. The van der Waals surface area contributed by atoms with E-state index in [0.29, 0.717) is 0 Å². The van der Waals surface area contributed by atoms with Crippen LogP contribution in [0.1, 0.15) is 84.5 Å². The lowest BCUT2D eigenvalue weighted by atomic mass is 10.1. The summed E-state index contributed by atoms with van der Waals surface area (Å²) < 4.78 is 0. The predicted octanol–water partition coefficient (Wildman–Crippen LogP) is 3.58. The maximum absolute atomic E-state index is 9.55. The van der Waals surface area contributed by atoms with Crippen LogP contribution < -0.4 is 5.32 Å². The Morgan fingerprint density at radius 3 is 1.71 bits per heavy atom. The Kier molecular flexibility index (Phi) is 16.8. The molecule has 0 saturated carbocycles. The smallest absolute Gasteiger partial charge is 0.231 e. The molecule has 0 radical (unpaired) electrons. The number of rotatable bonds is 14. The van der Waals surface area contributed by atoms with Crippen molar-refractivity contribution >= 4 is 11.6 Å². The van der Waals surface area contributed by atoms with Crippen LogP contribution in [-0.4, -0.2) is 28.0 Å². The third-order valence-electron chi connectivity index (χ3n) is 3.89. The summed E-state index contributed by atoms with van der Waals surface area (Å²) >= 11 is 5.94. The summed E-state index contributed by atoms with van der Waals surface area (Å²) in [5.41, 5.74) is -0.661. The van der Waals surface area contributed by atoms with Gasteiger partial charge in [-0.3, -0.25) is 0 Å². The van der Waals surface area contributed by atoms with Crippen LogP contribution in [0.25, 0.3) is 0 Å². The van der Waals surface area contributed by atoms with Crippen molar-refractivity contribution in [3.05, 3.63) is 7.43 Å². The third kappa shape index (κ3) is 13.5. The number of quaternary nitrogens is 1. The number of nitrogens with two attached hydrogens (primary N) is 1. The molecule has 0 rings (SSSR count). The summed E-state index contributed by atoms with van der Waals surface area (Å²) in [6.07, 6.45) is 13.4. The molecule has 0 bridgehead atoms. The third-order valence-corrected chi connectivity index (χ3v) is 4.42. The molecule has 0 aromatic carbocycles. The van der Waals surface area contributed by atoms with E-state index in [2.05, 4.69) is 6.92 Å². The lowest BCUT2D eigenvalue weighted by Crippen LogP contribution is -2.92. The van der Waals surface area contributed by atoms with Crippen molar-refractivity contribution in [3.63, 3.8) is 0 Å². The molecule has 0 spiro atoms. The SMILES string of the molecule is CCCCCCCCCCCC[NH2+]C(Cl)C(O)(O)CC.[CH3-]. The van der Waals surface area contributed by atoms with Crippen LogP contribution in [0, 0.1) is 7.43 Å². The van der Waals surface area contributed by atoms with E-state index in [-0.39, 0.29) is 13.8 Å². The van der Waals surface area contributed by atoms with Gasteiger partial charge in [-0.2, -0.15) is 0 Å². The van der Waals surface area contributed by atoms with Gasteiger partial charge in [-0.1, -0.05) is 76.8 Å². The highest BCUT2D eigenvalue weighted by atomic mass is 35.5. The molecule has 1 unspecified atom stereocenters. The van der Waals surface area contributed by atoms with Gasteiger partial charge >= 0.3 is 0 Å². The summed E-state index contributed by atoms with van der Waals surface area (Å²) in [6.45, 7) is 4.85. The Bertz CT molecular complexity index is 213. The standard InChI is InChI=1S/C16H34ClNO2.CH3/c1-3-5-6-7-8-9-10-11-12-13-14-18-15(17)16(19,20)4-2;/h15,18-20H,3-14H2,1-2H3;1H3/q;-1/p+1. The minimum atomic E-state index is -1.75. The number of alkyl halides is 1. The van der Waals surface area contributed by atoms with Gasteiger partial charge in [-0.05, 0) is 12.8 Å². The zero-order chi connectivity index (χ0) is 15.3. The average Bonchev–Trinajstić information content (AvgIpc) is 2.44. The molecule has 0 saturated heterocycles. The molecule has 0 aromatic rings. The number of hydrogen-bond acceptors (Lipinski definition) is 2. The van der Waals surface area contributed by atoms with Gasteiger partial charge in [0.15, 0.2) is 0 Å². The largest absolute Gasteiger partial charge is 0.360 e. The predicted molar refractivity (Wildman–Crippen MR) is 92.2 cm³/mol. The quantitative estimate of drug-likeness (QED) is 0.150. The molecule has 0 amide bonds. The van der Waals surface area contributed by atoms with E-state index in [1.165, 1.54) is 57.8 Å². The fraction of sp³-hybridized carbons (Fsp3) is 0.941. The normalized spacial score (nSPS) is 13.0. The van der Waals surface area contributed by atoms with E-state index in [0.717, 1.165) is 13.0 Å². The molecule has 0 aliphatic carbocycles. The first kappa shape index (κ1) is 23.4. The van der Waals surface area contributed by atoms with E-state index in [1.807, 2.05) is 5.32 Å². The first-order valence-corrected chi connectivity index (χ1v) is 8.90. The first-order chi connectivity index (χ1) is 9.54. The van der Waals surface area contributed by atoms with Crippen LogP contribution in [-0.2, 0) is 0 Å². The summed E-state index contributed by atoms with van der Waals surface area (Å²) in [7, 11) is 0. The van der Waals surface area contributed by atoms with Crippen molar-refractivity contribution in [3.8, 4) is 0 Å². The van der Waals surface area contributed by atoms with E-state index < -0.39 is 11.3 Å². The van der Waals surface area contributed by atoms with E-state index >= 15 is 0 Å². The molecule has 0 aliphatic heterocycles. The molecule has 1 atom stereocenters. The van der Waals surface area contributed by atoms with Crippen molar-refractivity contribution in [1.82, 2.24) is 0 Å². The van der Waals surface area contributed by atoms with Crippen LogP contribution in [0.2, 0.25) is 0 Å². The van der Waals surface area contributed by atoms with Crippen molar-refractivity contribution in [2.45, 2.75) is 95.8 Å². The highest BCUT2D eigenvalue weighted by Crippen LogP contribution is 2.12. The monoisotopic (exact) mass is 323 g/mol. The van der Waals surface area contributed by atoms with E-state index in [4.69, 9.17) is 11.6 Å². The van der Waals surface area contributed by atoms with Crippen LogP contribution in [0.4, 0.5) is 0 Å². The molecule has 130 valence electrons. The van der Waals surface area contributed by atoms with Gasteiger partial charge in [0.2, 0.25) is 11.3 Å². The Labute approximate surface area is 137 Å². The molecule has 0 fully saturated rings. The van der Waals surface area contributed by atoms with Crippen LogP contribution in [0.15, 0.2) is 0 Å². The second-order valence-corrected chi connectivity index (χ2v) is 6.31. The lowest BCUT2D eigenvalue weighted by Gasteiger charge is -2.23. The fourth-order valence-electron chi connectivity index (χ4n) is 2.28. The second-order valence-electron chi connectivity index (χ2n) is 5.84. The summed E-state index contributed by atoms with van der Waals surface area (Å²) in [5.74, 6) is -1.75. The zero-order valence-electron chi connectivity index (χ0n) is 14.4. The average molecular weight is 324 g/mol. The fourth-order valence-corrected chi connectivity index (χ4v) is 2.56. The van der Waals surface area contributed by atoms with E-state index in [9.17, 15) is 10.2 Å². The number of unbranched alkanes of at least 4 members (excludes halogenated alkanes) is 9. The zero-order valence-corrected chi connectivity index (χ0v) is 15.2. The molecule has 21 heavy (non-hydrogen) atoms. The van der Waals surface area contributed by atoms with Crippen molar-refractivity contribution < 1.29 is 15.5 Å². The Morgan fingerprint density at radius 1 is 0.857 bits per heavy atom. The van der Waals surface area contributed by atoms with Gasteiger partial charge in [0.1, 0.15) is 0 Å². The first-order valence-electron chi connectivity index (χ1n) is 8.46. The number of aliphatic hydroxyl groups is 2. The van der Waals surface area contributed by atoms with Crippen molar-refractivity contribution in [2.75, 3.05) is 6.54 Å². The van der Waals surface area contributed by atoms with Gasteiger partial charge < -0.3 is 23.0 Å². The van der Waals surface area contributed by atoms with Crippen LogP contribution >= 0.6 is 11.6 Å². The molecule has 0 aliphatic rings. The minimum absolute atomic E-state index is 0. The van der Waals surface area contributed by atoms with Gasteiger partial charge in [0.05, 0.1) is 6.54 Å². The molecule has 0 heterocycles. The molecule has 4 heteroatoms. The lowest BCUT2D eigenvalue weighted by molar-refractivity contribution is -0.693. The number of hydrogen-bond donors (Lipinski definition) is 3. The molecule has 4 N–H and O–H groups in total. The Hall–Kier alpha value is 0.170. The Balaban J connectivity index is 0. The molecule has 0 aromatic heterocycles. The van der Waals surface area contributed by atoms with E-state index in [1.54, 1.807) is 6.92 Å². The van der Waals surface area contributed by atoms with Crippen molar-refractivity contribution in [1.29, 1.82) is 0 Å². The molecule has 3 nitrogen and oxygen atoms in total. The highest BCUT2D eigenvalue weighted by molar-refractivity contribution is 6.19. The minimum Gasteiger partial charge on any atom is -0.360 e. The summed E-state index contributed by atoms with van der Waals surface area (Å²) in [5, 5.41) is 20.9. The maximum atomic E-state index is 9.55.